The molecule has 0 bridgehead atoms. The number of carbonyl (C=O) groups excluding carboxylic acids is 1. The summed E-state index contributed by atoms with van der Waals surface area (Å²) < 4.78 is 5.12. The Bertz CT molecular complexity index is 867. The maximum atomic E-state index is 12.5. The fraction of sp³-hybridized carbons (Fsp3) is 0.211. The minimum absolute atomic E-state index is 0.0633. The number of anilines is 1. The molecule has 8 heteroatoms. The number of Topliss-reactive ketones (excluding diaryl/α,β-unsaturated/α-hetero) is 1. The van der Waals surface area contributed by atoms with Crippen LogP contribution in [0.15, 0.2) is 48.2 Å². The molecule has 0 unspecified atom stereocenters. The van der Waals surface area contributed by atoms with E-state index in [1.54, 1.807) is 7.11 Å². The van der Waals surface area contributed by atoms with Crippen LogP contribution in [0.3, 0.4) is 0 Å². The van der Waals surface area contributed by atoms with Crippen LogP contribution in [0.4, 0.5) is 5.69 Å². The predicted octanol–water partition coefficient (Wildman–Crippen LogP) is 4.12. The molecule has 0 aliphatic rings. The van der Waals surface area contributed by atoms with Crippen LogP contribution in [0.5, 0.6) is 5.75 Å². The summed E-state index contributed by atoms with van der Waals surface area (Å²) >= 11 is 11.8. The first-order valence-corrected chi connectivity index (χ1v) is 8.74. The maximum absolute atomic E-state index is 12.5. The van der Waals surface area contributed by atoms with Gasteiger partial charge in [0.1, 0.15) is 17.0 Å². The number of rotatable bonds is 8. The fourth-order valence-electron chi connectivity index (χ4n) is 2.35. The Morgan fingerprint density at radius 2 is 1.89 bits per heavy atom. The number of aliphatic carboxylic acids is 1. The van der Waals surface area contributed by atoms with E-state index < -0.39 is 17.3 Å². The van der Waals surface area contributed by atoms with Gasteiger partial charge in [-0.25, -0.2) is 4.79 Å². The SMILES string of the molecule is COc1ccc(N(C)CCC=C(C(=O)O)C(=O)c2nccc(Cl)c2Cl)cc1. The largest absolute Gasteiger partial charge is 0.497 e. The van der Waals surface area contributed by atoms with Crippen LogP contribution in [-0.2, 0) is 4.79 Å². The van der Waals surface area contributed by atoms with Crippen molar-refractivity contribution >= 4 is 40.6 Å². The molecule has 2 aromatic rings. The lowest BCUT2D eigenvalue weighted by Crippen LogP contribution is -2.19. The van der Waals surface area contributed by atoms with Crippen molar-refractivity contribution in [3.8, 4) is 5.75 Å². The number of methoxy groups -OCH3 is 1. The van der Waals surface area contributed by atoms with Gasteiger partial charge in [0.05, 0.1) is 17.2 Å². The van der Waals surface area contributed by atoms with Gasteiger partial charge in [-0.15, -0.1) is 0 Å². The molecule has 6 nitrogen and oxygen atoms in total. The summed E-state index contributed by atoms with van der Waals surface area (Å²) in [6.45, 7) is 0.507. The summed E-state index contributed by atoms with van der Waals surface area (Å²) in [7, 11) is 3.46. The Hall–Kier alpha value is -2.57. The lowest BCUT2D eigenvalue weighted by Gasteiger charge is -2.18. The van der Waals surface area contributed by atoms with E-state index >= 15 is 0 Å². The molecule has 0 amide bonds. The van der Waals surface area contributed by atoms with Crippen LogP contribution >= 0.6 is 23.2 Å². The fourth-order valence-corrected chi connectivity index (χ4v) is 2.69. The molecule has 0 fully saturated rings. The summed E-state index contributed by atoms with van der Waals surface area (Å²) in [5.41, 5.74) is 0.364. The molecule has 0 atom stereocenters. The number of ketones is 1. The van der Waals surface area contributed by atoms with Crippen LogP contribution in [0.25, 0.3) is 0 Å². The molecule has 0 spiro atoms. The van der Waals surface area contributed by atoms with Gasteiger partial charge in [-0.1, -0.05) is 29.3 Å². The number of hydrogen-bond donors (Lipinski definition) is 1. The minimum Gasteiger partial charge on any atom is -0.497 e. The molecule has 0 saturated heterocycles. The second kappa shape index (κ2) is 9.39. The van der Waals surface area contributed by atoms with Gasteiger partial charge < -0.3 is 14.7 Å². The highest BCUT2D eigenvalue weighted by Crippen LogP contribution is 2.26. The van der Waals surface area contributed by atoms with Gasteiger partial charge in [-0.2, -0.15) is 0 Å². The van der Waals surface area contributed by atoms with Crippen molar-refractivity contribution in [2.45, 2.75) is 6.42 Å². The van der Waals surface area contributed by atoms with Crippen molar-refractivity contribution in [3.63, 3.8) is 0 Å². The van der Waals surface area contributed by atoms with Crippen molar-refractivity contribution in [2.75, 3.05) is 25.6 Å². The highest BCUT2D eigenvalue weighted by molar-refractivity contribution is 6.44. The number of halogens is 2. The first-order valence-electron chi connectivity index (χ1n) is 7.98. The van der Waals surface area contributed by atoms with E-state index in [4.69, 9.17) is 27.9 Å². The molecule has 27 heavy (non-hydrogen) atoms. The zero-order valence-electron chi connectivity index (χ0n) is 14.8. The van der Waals surface area contributed by atoms with Crippen molar-refractivity contribution in [1.82, 2.24) is 4.98 Å². The van der Waals surface area contributed by atoms with Crippen molar-refractivity contribution in [1.29, 1.82) is 0 Å². The molecule has 0 radical (unpaired) electrons. The Morgan fingerprint density at radius 3 is 2.48 bits per heavy atom. The molecule has 0 aliphatic heterocycles. The zero-order valence-corrected chi connectivity index (χ0v) is 16.3. The topological polar surface area (TPSA) is 79.7 Å². The number of pyridine rings is 1. The third-order valence-electron chi connectivity index (χ3n) is 3.86. The molecule has 1 aromatic heterocycles. The highest BCUT2D eigenvalue weighted by atomic mass is 35.5. The van der Waals surface area contributed by atoms with E-state index in [0.717, 1.165) is 11.4 Å². The first kappa shape index (κ1) is 20.7. The minimum atomic E-state index is -1.34. The standard InChI is InChI=1S/C19H18Cl2N2O4/c1-23(12-5-7-13(27-2)8-6-12)11-3-4-14(19(25)26)18(24)17-16(21)15(20)9-10-22-17/h4-10H,3,11H2,1-2H3,(H,25,26). The second-order valence-corrected chi connectivity index (χ2v) is 6.40. The van der Waals surface area contributed by atoms with Crippen LogP contribution in [-0.4, -0.2) is 42.5 Å². The first-order chi connectivity index (χ1) is 12.8. The molecule has 1 heterocycles. The van der Waals surface area contributed by atoms with E-state index in [1.165, 1.54) is 18.3 Å². The van der Waals surface area contributed by atoms with Gasteiger partial charge >= 0.3 is 5.97 Å². The smallest absolute Gasteiger partial charge is 0.339 e. The van der Waals surface area contributed by atoms with Crippen LogP contribution in [0.2, 0.25) is 10.0 Å². The molecule has 2 rings (SSSR count). The van der Waals surface area contributed by atoms with Gasteiger partial charge in [-0.05, 0) is 36.8 Å². The average Bonchev–Trinajstić information content (AvgIpc) is 2.66. The Labute approximate surface area is 167 Å². The third kappa shape index (κ3) is 5.21. The van der Waals surface area contributed by atoms with Gasteiger partial charge in [0.15, 0.2) is 0 Å². The number of hydrogen-bond acceptors (Lipinski definition) is 5. The number of carboxylic acids is 1. The van der Waals surface area contributed by atoms with Gasteiger partial charge in [0.2, 0.25) is 5.78 Å². The average molecular weight is 409 g/mol. The summed E-state index contributed by atoms with van der Waals surface area (Å²) in [6.07, 6.45) is 3.01. The lowest BCUT2D eigenvalue weighted by molar-refractivity contribution is -0.132. The van der Waals surface area contributed by atoms with Crippen LogP contribution < -0.4 is 9.64 Å². The number of ether oxygens (including phenoxy) is 1. The summed E-state index contributed by atoms with van der Waals surface area (Å²) in [5.74, 6) is -1.37. The molecular weight excluding hydrogens is 391 g/mol. The van der Waals surface area contributed by atoms with E-state index in [2.05, 4.69) is 4.98 Å². The van der Waals surface area contributed by atoms with Gasteiger partial charge in [0, 0.05) is 25.5 Å². The zero-order chi connectivity index (χ0) is 20.0. The van der Waals surface area contributed by atoms with E-state index in [-0.39, 0.29) is 15.7 Å². The number of aromatic nitrogens is 1. The van der Waals surface area contributed by atoms with E-state index in [9.17, 15) is 14.7 Å². The predicted molar refractivity (Wildman–Crippen MR) is 105 cm³/mol. The summed E-state index contributed by atoms with van der Waals surface area (Å²) in [5, 5.41) is 9.46. The van der Waals surface area contributed by atoms with Gasteiger partial charge in [0.25, 0.3) is 0 Å². The molecule has 142 valence electrons. The second-order valence-electron chi connectivity index (χ2n) is 5.62. The number of benzene rings is 1. The monoisotopic (exact) mass is 408 g/mol. The maximum Gasteiger partial charge on any atom is 0.339 e. The van der Waals surface area contributed by atoms with Crippen LogP contribution in [0.1, 0.15) is 16.9 Å². The van der Waals surface area contributed by atoms with Crippen molar-refractivity contribution < 1.29 is 19.4 Å². The van der Waals surface area contributed by atoms with E-state index in [1.807, 2.05) is 36.2 Å². The third-order valence-corrected chi connectivity index (χ3v) is 4.65. The summed E-state index contributed by atoms with van der Waals surface area (Å²) in [4.78, 5) is 29.8. The Balaban J connectivity index is 2.12. The van der Waals surface area contributed by atoms with E-state index in [0.29, 0.717) is 13.0 Å². The van der Waals surface area contributed by atoms with Crippen LogP contribution in [0, 0.1) is 0 Å². The Morgan fingerprint density at radius 1 is 1.22 bits per heavy atom. The highest BCUT2D eigenvalue weighted by Gasteiger charge is 2.23. The Kier molecular flexibility index (Phi) is 7.21. The normalized spacial score (nSPS) is 11.2. The van der Waals surface area contributed by atoms with Crippen molar-refractivity contribution in [2.24, 2.45) is 0 Å². The molecule has 1 N–H and O–H groups in total. The van der Waals surface area contributed by atoms with Crippen molar-refractivity contribution in [3.05, 3.63) is 63.9 Å². The molecule has 0 saturated carbocycles. The number of nitrogens with zero attached hydrogens (tertiary/aromatic N) is 2. The lowest BCUT2D eigenvalue weighted by atomic mass is 10.1. The number of carbonyl (C=O) groups is 2. The summed E-state index contributed by atoms with van der Waals surface area (Å²) in [6, 6.07) is 8.87. The van der Waals surface area contributed by atoms with Gasteiger partial charge in [-0.3, -0.25) is 9.78 Å². The molecular formula is C19H18Cl2N2O4. The molecule has 1 aromatic carbocycles. The number of carboxylic acid groups (broad SMARTS) is 1. The molecule has 0 aliphatic carbocycles. The quantitative estimate of drug-likeness (QED) is 0.306.